The minimum atomic E-state index is -4.53. The van der Waals surface area contributed by atoms with Gasteiger partial charge in [-0.05, 0) is 60.9 Å². The molecule has 35 heavy (non-hydrogen) atoms. The third-order valence-corrected chi connectivity index (χ3v) is 6.20. The molecule has 8 heteroatoms. The molecule has 4 rings (SSSR count). The number of halogens is 4. The average Bonchev–Trinajstić information content (AvgIpc) is 3.09. The molecule has 1 atom stereocenters. The molecule has 0 spiro atoms. The Hall–Kier alpha value is -3.45. The summed E-state index contributed by atoms with van der Waals surface area (Å²) in [6.07, 6.45) is -5.21. The van der Waals surface area contributed by atoms with Gasteiger partial charge in [-0.15, -0.1) is 0 Å². The van der Waals surface area contributed by atoms with Gasteiger partial charge >= 0.3 is 12.1 Å². The molecule has 4 aromatic rings. The van der Waals surface area contributed by atoms with Crippen LogP contribution in [-0.2, 0) is 17.5 Å². The van der Waals surface area contributed by atoms with Gasteiger partial charge in [-0.25, -0.2) is 4.79 Å². The van der Waals surface area contributed by atoms with Crippen LogP contribution in [0.2, 0.25) is 5.02 Å². The summed E-state index contributed by atoms with van der Waals surface area (Å²) in [5.74, 6) is -0.669. The maximum atomic E-state index is 14.0. The van der Waals surface area contributed by atoms with E-state index in [1.807, 2.05) is 10.6 Å². The number of rotatable bonds is 7. The first-order chi connectivity index (χ1) is 16.6. The van der Waals surface area contributed by atoms with E-state index in [0.717, 1.165) is 11.6 Å². The number of carboxylic acid groups (broad SMARTS) is 1. The van der Waals surface area contributed by atoms with Gasteiger partial charge in [0.1, 0.15) is 5.75 Å². The molecular formula is C27H23ClF3NO3. The summed E-state index contributed by atoms with van der Waals surface area (Å²) in [4.78, 5) is 11.3. The molecule has 0 fully saturated rings. The highest BCUT2D eigenvalue weighted by atomic mass is 35.5. The Balaban J connectivity index is 1.85. The summed E-state index contributed by atoms with van der Waals surface area (Å²) in [5, 5.41) is 9.91. The number of hydrogen-bond donors (Lipinski definition) is 1. The standard InChI is InChI=1S/C27H23ClF3NO3/c1-3-23(26(33)34)35-20-7-4-6-17(14-20)15-32-16(2)24(18-10-12-19(28)13-11-18)25-21(27(29,30)31)8-5-9-22(25)32/h4-14,23H,3,15H2,1-2H3,(H,33,34)/t23-/m0/s1. The van der Waals surface area contributed by atoms with Gasteiger partial charge in [-0.2, -0.15) is 13.2 Å². The van der Waals surface area contributed by atoms with Crippen LogP contribution in [0.1, 0.15) is 30.2 Å². The molecule has 0 aliphatic heterocycles. The van der Waals surface area contributed by atoms with Crippen molar-refractivity contribution < 1.29 is 27.8 Å². The number of ether oxygens (including phenoxy) is 1. The average molecular weight is 502 g/mol. The minimum Gasteiger partial charge on any atom is -0.479 e. The molecule has 0 aliphatic rings. The molecule has 1 aromatic heterocycles. The number of alkyl halides is 3. The number of hydrogen-bond acceptors (Lipinski definition) is 2. The first-order valence-corrected chi connectivity index (χ1v) is 11.4. The number of aliphatic carboxylic acids is 1. The normalized spacial score (nSPS) is 12.6. The quantitative estimate of drug-likeness (QED) is 0.284. The fourth-order valence-electron chi connectivity index (χ4n) is 4.31. The van der Waals surface area contributed by atoms with Crippen molar-refractivity contribution in [3.63, 3.8) is 0 Å². The Morgan fingerprint density at radius 3 is 2.40 bits per heavy atom. The van der Waals surface area contributed by atoms with Crippen molar-refractivity contribution in [3.8, 4) is 16.9 Å². The highest BCUT2D eigenvalue weighted by Gasteiger charge is 2.35. The van der Waals surface area contributed by atoms with Crippen molar-refractivity contribution in [1.82, 2.24) is 4.57 Å². The molecule has 0 amide bonds. The Morgan fingerprint density at radius 2 is 1.77 bits per heavy atom. The predicted molar refractivity (Wildman–Crippen MR) is 130 cm³/mol. The molecule has 0 bridgehead atoms. The molecule has 3 aromatic carbocycles. The second kappa shape index (κ2) is 9.66. The van der Waals surface area contributed by atoms with E-state index >= 15 is 0 Å². The maximum Gasteiger partial charge on any atom is 0.417 e. The van der Waals surface area contributed by atoms with Crippen molar-refractivity contribution in [2.45, 2.75) is 39.1 Å². The highest BCUT2D eigenvalue weighted by Crippen LogP contribution is 2.43. The van der Waals surface area contributed by atoms with Gasteiger partial charge in [0, 0.05) is 33.7 Å². The second-order valence-electron chi connectivity index (χ2n) is 8.25. The van der Waals surface area contributed by atoms with E-state index in [1.54, 1.807) is 62.4 Å². The van der Waals surface area contributed by atoms with Crippen LogP contribution in [0, 0.1) is 6.92 Å². The number of nitrogens with zero attached hydrogens (tertiary/aromatic N) is 1. The third-order valence-electron chi connectivity index (χ3n) is 5.95. The third kappa shape index (κ3) is 5.00. The van der Waals surface area contributed by atoms with Gasteiger partial charge in [0.15, 0.2) is 6.10 Å². The van der Waals surface area contributed by atoms with Crippen molar-refractivity contribution in [1.29, 1.82) is 0 Å². The molecule has 4 nitrogen and oxygen atoms in total. The second-order valence-corrected chi connectivity index (χ2v) is 8.69. The fraction of sp³-hybridized carbons (Fsp3) is 0.222. The van der Waals surface area contributed by atoms with Gasteiger partial charge < -0.3 is 14.4 Å². The van der Waals surface area contributed by atoms with Crippen LogP contribution in [-0.4, -0.2) is 21.7 Å². The van der Waals surface area contributed by atoms with Gasteiger partial charge in [0.05, 0.1) is 5.56 Å². The minimum absolute atomic E-state index is 0.129. The van der Waals surface area contributed by atoms with E-state index < -0.39 is 23.8 Å². The van der Waals surface area contributed by atoms with E-state index in [-0.39, 0.29) is 11.9 Å². The Kier molecular flexibility index (Phi) is 6.81. The number of carbonyl (C=O) groups is 1. The molecule has 182 valence electrons. The number of benzene rings is 3. The number of aromatic nitrogens is 1. The topological polar surface area (TPSA) is 51.5 Å². The lowest BCUT2D eigenvalue weighted by atomic mass is 9.98. The van der Waals surface area contributed by atoms with E-state index in [2.05, 4.69) is 0 Å². The Morgan fingerprint density at radius 1 is 1.09 bits per heavy atom. The lowest BCUT2D eigenvalue weighted by molar-refractivity contribution is -0.145. The predicted octanol–water partition coefficient (Wildman–Crippen LogP) is 7.58. The monoisotopic (exact) mass is 501 g/mol. The van der Waals surface area contributed by atoms with E-state index in [4.69, 9.17) is 16.3 Å². The van der Waals surface area contributed by atoms with Crippen LogP contribution >= 0.6 is 11.6 Å². The largest absolute Gasteiger partial charge is 0.479 e. The van der Waals surface area contributed by atoms with Crippen molar-refractivity contribution in [3.05, 3.63) is 88.6 Å². The van der Waals surface area contributed by atoms with E-state index in [9.17, 15) is 23.1 Å². The molecule has 0 aliphatic carbocycles. The van der Waals surface area contributed by atoms with Gasteiger partial charge in [-0.1, -0.05) is 48.9 Å². The van der Waals surface area contributed by atoms with Crippen molar-refractivity contribution in [2.24, 2.45) is 0 Å². The first-order valence-electron chi connectivity index (χ1n) is 11.0. The Bertz CT molecular complexity index is 1380. The number of carboxylic acids is 1. The van der Waals surface area contributed by atoms with Crippen LogP contribution in [0.3, 0.4) is 0 Å². The summed E-state index contributed by atoms with van der Waals surface area (Å²) >= 11 is 6.02. The van der Waals surface area contributed by atoms with E-state index in [1.165, 1.54) is 6.07 Å². The Labute approximate surface area is 205 Å². The summed E-state index contributed by atoms with van der Waals surface area (Å²) < 4.78 is 49.5. The smallest absolute Gasteiger partial charge is 0.417 e. The molecule has 0 saturated heterocycles. The fourth-order valence-corrected chi connectivity index (χ4v) is 4.43. The lowest BCUT2D eigenvalue weighted by Crippen LogP contribution is -2.25. The van der Waals surface area contributed by atoms with Crippen LogP contribution in [0.4, 0.5) is 13.2 Å². The number of fused-ring (bicyclic) bond motifs is 1. The van der Waals surface area contributed by atoms with Gasteiger partial charge in [-0.3, -0.25) is 0 Å². The summed E-state index contributed by atoms with van der Waals surface area (Å²) in [6, 6.07) is 17.9. The summed E-state index contributed by atoms with van der Waals surface area (Å²) in [5.41, 5.74) is 2.31. The molecule has 0 unspecified atom stereocenters. The first kappa shape index (κ1) is 24.7. The molecule has 1 N–H and O–H groups in total. The van der Waals surface area contributed by atoms with Crippen LogP contribution < -0.4 is 4.74 Å². The maximum absolute atomic E-state index is 14.0. The SMILES string of the molecule is CC[C@H](Oc1cccc(Cn2c(C)c(-c3ccc(Cl)cc3)c3c(C(F)(F)F)cccc32)c1)C(=O)O. The molecule has 0 saturated carbocycles. The van der Waals surface area contributed by atoms with Crippen molar-refractivity contribution >= 4 is 28.5 Å². The summed E-state index contributed by atoms with van der Waals surface area (Å²) in [6.45, 7) is 3.79. The molecule has 0 radical (unpaired) electrons. The summed E-state index contributed by atoms with van der Waals surface area (Å²) in [7, 11) is 0. The van der Waals surface area contributed by atoms with Crippen LogP contribution in [0.25, 0.3) is 22.0 Å². The lowest BCUT2D eigenvalue weighted by Gasteiger charge is -2.15. The van der Waals surface area contributed by atoms with E-state index in [0.29, 0.717) is 39.5 Å². The zero-order chi connectivity index (χ0) is 25.3. The van der Waals surface area contributed by atoms with Crippen LogP contribution in [0.15, 0.2) is 66.7 Å². The zero-order valence-corrected chi connectivity index (χ0v) is 19.8. The van der Waals surface area contributed by atoms with Gasteiger partial charge in [0.2, 0.25) is 0 Å². The highest BCUT2D eigenvalue weighted by molar-refractivity contribution is 6.30. The zero-order valence-electron chi connectivity index (χ0n) is 19.1. The van der Waals surface area contributed by atoms with Crippen molar-refractivity contribution in [2.75, 3.05) is 0 Å². The molecule has 1 heterocycles. The molecular weight excluding hydrogens is 479 g/mol. The van der Waals surface area contributed by atoms with Gasteiger partial charge in [0.25, 0.3) is 0 Å². The van der Waals surface area contributed by atoms with Crippen LogP contribution in [0.5, 0.6) is 5.75 Å².